The number of rotatable bonds is 3. The van der Waals surface area contributed by atoms with Gasteiger partial charge in [0, 0.05) is 14.2 Å². The molecule has 0 heterocycles. The SMILES string of the molecule is C#CC(C)(C)C(OC)OC. The molecule has 0 aliphatic rings. The first-order chi connectivity index (χ1) is 4.58. The number of hydrogen-bond acceptors (Lipinski definition) is 2. The van der Waals surface area contributed by atoms with Crippen molar-refractivity contribution in [3.8, 4) is 12.3 Å². The van der Waals surface area contributed by atoms with Gasteiger partial charge in [0.1, 0.15) is 0 Å². The molecule has 0 aliphatic heterocycles. The molecule has 0 atom stereocenters. The van der Waals surface area contributed by atoms with Crippen LogP contribution in [0.25, 0.3) is 0 Å². The number of terminal acetylenes is 1. The first-order valence-corrected chi connectivity index (χ1v) is 3.12. The summed E-state index contributed by atoms with van der Waals surface area (Å²) in [5, 5.41) is 0. The summed E-state index contributed by atoms with van der Waals surface area (Å²) in [4.78, 5) is 0. The van der Waals surface area contributed by atoms with E-state index in [0.29, 0.717) is 0 Å². The van der Waals surface area contributed by atoms with E-state index in [2.05, 4.69) is 5.92 Å². The quantitative estimate of drug-likeness (QED) is 0.436. The van der Waals surface area contributed by atoms with Crippen LogP contribution in [0.2, 0.25) is 0 Å². The van der Waals surface area contributed by atoms with Crippen LogP contribution < -0.4 is 0 Å². The van der Waals surface area contributed by atoms with E-state index in [9.17, 15) is 0 Å². The zero-order valence-electron chi connectivity index (χ0n) is 6.97. The summed E-state index contributed by atoms with van der Waals surface area (Å²) >= 11 is 0. The second-order valence-electron chi connectivity index (χ2n) is 2.67. The molecule has 0 rings (SSSR count). The fourth-order valence-corrected chi connectivity index (χ4v) is 0.754. The van der Waals surface area contributed by atoms with E-state index in [1.807, 2.05) is 13.8 Å². The standard InChI is InChI=1S/C8H14O2/c1-6-8(2,3)7(9-4)10-5/h1,7H,2-5H3. The van der Waals surface area contributed by atoms with Gasteiger partial charge in [-0.2, -0.15) is 0 Å². The molecule has 10 heavy (non-hydrogen) atoms. The van der Waals surface area contributed by atoms with Crippen LogP contribution in [0.1, 0.15) is 13.8 Å². The van der Waals surface area contributed by atoms with E-state index in [4.69, 9.17) is 15.9 Å². The summed E-state index contributed by atoms with van der Waals surface area (Å²) < 4.78 is 9.98. The van der Waals surface area contributed by atoms with Gasteiger partial charge in [-0.1, -0.05) is 5.92 Å². The van der Waals surface area contributed by atoms with Gasteiger partial charge in [-0.3, -0.25) is 0 Å². The van der Waals surface area contributed by atoms with E-state index in [0.717, 1.165) is 0 Å². The van der Waals surface area contributed by atoms with Crippen molar-refractivity contribution in [1.29, 1.82) is 0 Å². The lowest BCUT2D eigenvalue weighted by Gasteiger charge is -2.26. The Hall–Kier alpha value is -0.520. The van der Waals surface area contributed by atoms with Crippen molar-refractivity contribution in [1.82, 2.24) is 0 Å². The van der Waals surface area contributed by atoms with Crippen LogP contribution in [0.4, 0.5) is 0 Å². The summed E-state index contributed by atoms with van der Waals surface area (Å²) in [6.45, 7) is 3.79. The van der Waals surface area contributed by atoms with Crippen LogP contribution in [0.3, 0.4) is 0 Å². The molecule has 2 heteroatoms. The molecule has 0 aromatic rings. The van der Waals surface area contributed by atoms with E-state index in [1.54, 1.807) is 14.2 Å². The highest BCUT2D eigenvalue weighted by atomic mass is 16.7. The molecule has 0 N–H and O–H groups in total. The molecule has 0 aromatic heterocycles. The topological polar surface area (TPSA) is 18.5 Å². The Bertz CT molecular complexity index is 129. The maximum absolute atomic E-state index is 5.25. The predicted molar refractivity (Wildman–Crippen MR) is 40.4 cm³/mol. The molecular formula is C8H14O2. The maximum Gasteiger partial charge on any atom is 0.172 e. The first kappa shape index (κ1) is 9.48. The third-order valence-corrected chi connectivity index (χ3v) is 1.39. The Morgan fingerprint density at radius 1 is 1.30 bits per heavy atom. The Labute approximate surface area is 62.5 Å². The molecule has 0 spiro atoms. The highest BCUT2D eigenvalue weighted by molar-refractivity contribution is 5.02. The first-order valence-electron chi connectivity index (χ1n) is 3.12. The molecule has 0 fully saturated rings. The molecule has 0 saturated heterocycles. The third-order valence-electron chi connectivity index (χ3n) is 1.39. The van der Waals surface area contributed by atoms with Crippen molar-refractivity contribution in [3.63, 3.8) is 0 Å². The Morgan fingerprint density at radius 2 is 1.70 bits per heavy atom. The number of methoxy groups -OCH3 is 2. The average molecular weight is 142 g/mol. The molecule has 0 bridgehead atoms. The lowest BCUT2D eigenvalue weighted by molar-refractivity contribution is -0.149. The molecular weight excluding hydrogens is 128 g/mol. The molecule has 0 radical (unpaired) electrons. The fourth-order valence-electron chi connectivity index (χ4n) is 0.754. The van der Waals surface area contributed by atoms with Gasteiger partial charge in [-0.05, 0) is 13.8 Å². The van der Waals surface area contributed by atoms with Crippen LogP contribution in [0, 0.1) is 17.8 Å². The lowest BCUT2D eigenvalue weighted by Crippen LogP contribution is -2.31. The van der Waals surface area contributed by atoms with Crippen LogP contribution in [-0.2, 0) is 9.47 Å². The maximum atomic E-state index is 5.25. The monoisotopic (exact) mass is 142 g/mol. The van der Waals surface area contributed by atoms with Crippen molar-refractivity contribution in [2.75, 3.05) is 14.2 Å². The second kappa shape index (κ2) is 3.60. The van der Waals surface area contributed by atoms with E-state index in [1.165, 1.54) is 0 Å². The minimum atomic E-state index is -0.358. The van der Waals surface area contributed by atoms with Crippen LogP contribution in [-0.4, -0.2) is 20.5 Å². The van der Waals surface area contributed by atoms with Crippen LogP contribution in [0.5, 0.6) is 0 Å². The summed E-state index contributed by atoms with van der Waals surface area (Å²) in [6, 6.07) is 0. The Balaban J connectivity index is 4.15. The van der Waals surface area contributed by atoms with Crippen LogP contribution >= 0.6 is 0 Å². The van der Waals surface area contributed by atoms with Gasteiger partial charge >= 0.3 is 0 Å². The second-order valence-corrected chi connectivity index (χ2v) is 2.67. The molecule has 0 saturated carbocycles. The van der Waals surface area contributed by atoms with Crippen molar-refractivity contribution in [2.24, 2.45) is 5.41 Å². The van der Waals surface area contributed by atoms with Gasteiger partial charge in [0.2, 0.25) is 0 Å². The summed E-state index contributed by atoms with van der Waals surface area (Å²) in [7, 11) is 3.15. The highest BCUT2D eigenvalue weighted by Crippen LogP contribution is 2.21. The lowest BCUT2D eigenvalue weighted by atomic mass is 9.94. The zero-order chi connectivity index (χ0) is 8.20. The Morgan fingerprint density at radius 3 is 1.80 bits per heavy atom. The predicted octanol–water partition coefficient (Wildman–Crippen LogP) is 1.26. The Kier molecular flexibility index (Phi) is 3.41. The molecule has 0 aliphatic carbocycles. The number of ether oxygens (including phenoxy) is 2. The largest absolute Gasteiger partial charge is 0.354 e. The fraction of sp³-hybridized carbons (Fsp3) is 0.750. The molecule has 2 nitrogen and oxygen atoms in total. The van der Waals surface area contributed by atoms with Gasteiger partial charge in [-0.25, -0.2) is 0 Å². The van der Waals surface area contributed by atoms with Crippen molar-refractivity contribution in [2.45, 2.75) is 20.1 Å². The minimum absolute atomic E-state index is 0.322. The van der Waals surface area contributed by atoms with Gasteiger partial charge in [0.15, 0.2) is 6.29 Å². The molecule has 0 unspecified atom stereocenters. The zero-order valence-corrected chi connectivity index (χ0v) is 6.97. The van der Waals surface area contributed by atoms with E-state index in [-0.39, 0.29) is 11.7 Å². The normalized spacial score (nSPS) is 11.6. The smallest absolute Gasteiger partial charge is 0.172 e. The van der Waals surface area contributed by atoms with Gasteiger partial charge in [0.25, 0.3) is 0 Å². The highest BCUT2D eigenvalue weighted by Gasteiger charge is 2.26. The van der Waals surface area contributed by atoms with E-state index >= 15 is 0 Å². The summed E-state index contributed by atoms with van der Waals surface area (Å²) in [5.74, 6) is 2.59. The van der Waals surface area contributed by atoms with Crippen molar-refractivity contribution < 1.29 is 9.47 Å². The molecule has 0 amide bonds. The van der Waals surface area contributed by atoms with Gasteiger partial charge < -0.3 is 9.47 Å². The van der Waals surface area contributed by atoms with Crippen molar-refractivity contribution in [3.05, 3.63) is 0 Å². The average Bonchev–Trinajstić information content (AvgIpc) is 1.90. The van der Waals surface area contributed by atoms with E-state index < -0.39 is 0 Å². The molecule has 58 valence electrons. The van der Waals surface area contributed by atoms with Gasteiger partial charge in [-0.15, -0.1) is 6.42 Å². The van der Waals surface area contributed by atoms with Crippen LogP contribution in [0.15, 0.2) is 0 Å². The number of hydrogen-bond donors (Lipinski definition) is 0. The minimum Gasteiger partial charge on any atom is -0.354 e. The summed E-state index contributed by atoms with van der Waals surface area (Å²) in [6.07, 6.45) is 4.93. The van der Waals surface area contributed by atoms with Gasteiger partial charge in [0.05, 0.1) is 5.41 Å². The van der Waals surface area contributed by atoms with Crippen molar-refractivity contribution >= 4 is 0 Å². The molecule has 0 aromatic carbocycles. The summed E-state index contributed by atoms with van der Waals surface area (Å²) in [5.41, 5.74) is -0.358. The third kappa shape index (κ3) is 2.02.